The smallest absolute Gasteiger partial charge is 0.291 e. The van der Waals surface area contributed by atoms with Gasteiger partial charge >= 0.3 is 0 Å². The summed E-state index contributed by atoms with van der Waals surface area (Å²) in [5.41, 5.74) is 5.22. The first kappa shape index (κ1) is 42.5. The van der Waals surface area contributed by atoms with Crippen molar-refractivity contribution in [1.29, 1.82) is 0 Å². The highest BCUT2D eigenvalue weighted by atomic mass is 16.5. The maximum atomic E-state index is 13.3. The Labute approximate surface area is 358 Å². The molecule has 0 spiro atoms. The SMILES string of the molecule is C=C1C[C@H]2C=Nc3cc(OCCCC(=O)Nc4cn(C)c(C(=O)Nc5cc(C(=O)Nc6cc(C(=O)NCc7ccc(NCC)cc7)n(C)c6)n(C)c5)n4)c(OC)cc3C(=O)N2C1. The molecule has 2 aliphatic heterocycles. The van der Waals surface area contributed by atoms with Crippen molar-refractivity contribution in [1.82, 2.24) is 28.9 Å². The van der Waals surface area contributed by atoms with Crippen LogP contribution in [0.2, 0.25) is 0 Å². The van der Waals surface area contributed by atoms with Crippen LogP contribution in [0.4, 0.5) is 28.6 Å². The monoisotopic (exact) mass is 843 g/mol. The quantitative estimate of drug-likeness (QED) is 0.0648. The molecule has 5 amide bonds. The van der Waals surface area contributed by atoms with Crippen LogP contribution in [0.1, 0.15) is 73.7 Å². The Bertz CT molecular complexity index is 2580. The first-order valence-corrected chi connectivity index (χ1v) is 20.1. The van der Waals surface area contributed by atoms with Crippen molar-refractivity contribution in [3.8, 4) is 11.5 Å². The second-order valence-electron chi connectivity index (χ2n) is 15.1. The molecule has 0 aliphatic carbocycles. The number of aryl methyl sites for hydroxylation is 3. The number of aliphatic imine (C=N–C) groups is 1. The molecule has 3 aromatic heterocycles. The summed E-state index contributed by atoms with van der Waals surface area (Å²) in [7, 11) is 6.50. The summed E-state index contributed by atoms with van der Waals surface area (Å²) in [6.45, 7) is 7.86. The van der Waals surface area contributed by atoms with Gasteiger partial charge in [-0.3, -0.25) is 29.0 Å². The predicted octanol–water partition coefficient (Wildman–Crippen LogP) is 5.26. The van der Waals surface area contributed by atoms with Gasteiger partial charge in [-0.05, 0) is 55.7 Å². The van der Waals surface area contributed by atoms with Crippen LogP contribution in [-0.4, -0.2) is 92.2 Å². The molecule has 7 rings (SSSR count). The molecule has 18 heteroatoms. The van der Waals surface area contributed by atoms with E-state index in [2.05, 4.69) is 43.1 Å². The normalized spacial score (nSPS) is 14.1. The zero-order chi connectivity index (χ0) is 44.1. The largest absolute Gasteiger partial charge is 0.493 e. The van der Waals surface area contributed by atoms with Crippen LogP contribution in [0.25, 0.3) is 0 Å². The molecule has 1 atom stereocenters. The molecule has 0 bridgehead atoms. The molecule has 2 aromatic carbocycles. The van der Waals surface area contributed by atoms with Crippen LogP contribution in [0, 0.1) is 0 Å². The van der Waals surface area contributed by atoms with Crippen molar-refractivity contribution in [3.63, 3.8) is 0 Å². The molecule has 18 nitrogen and oxygen atoms in total. The Morgan fingerprint density at radius 2 is 1.53 bits per heavy atom. The van der Waals surface area contributed by atoms with E-state index < -0.39 is 11.8 Å². The summed E-state index contributed by atoms with van der Waals surface area (Å²) in [6.07, 6.45) is 7.63. The third-order valence-electron chi connectivity index (χ3n) is 10.4. The van der Waals surface area contributed by atoms with Gasteiger partial charge in [0.05, 0.1) is 42.4 Å². The van der Waals surface area contributed by atoms with Gasteiger partial charge in [0.15, 0.2) is 17.3 Å². The lowest BCUT2D eigenvalue weighted by molar-refractivity contribution is -0.116. The van der Waals surface area contributed by atoms with Crippen LogP contribution in [0.3, 0.4) is 0 Å². The number of benzene rings is 2. The molecule has 5 aromatic rings. The highest BCUT2D eigenvalue weighted by Gasteiger charge is 2.34. The highest BCUT2D eigenvalue weighted by molar-refractivity contribution is 6.07. The number of hydrogen-bond acceptors (Lipinski definition) is 10. The van der Waals surface area contributed by atoms with Crippen molar-refractivity contribution in [3.05, 3.63) is 108 Å². The molecule has 1 saturated heterocycles. The lowest BCUT2D eigenvalue weighted by Gasteiger charge is -2.20. The summed E-state index contributed by atoms with van der Waals surface area (Å²) in [5, 5.41) is 14.4. The topological polar surface area (TPSA) is 207 Å². The molecular weight excluding hydrogens is 795 g/mol. The lowest BCUT2D eigenvalue weighted by atomic mass is 10.1. The van der Waals surface area contributed by atoms with E-state index in [1.54, 1.807) is 72.0 Å². The summed E-state index contributed by atoms with van der Waals surface area (Å²) in [6, 6.07) is 14.1. The molecule has 62 heavy (non-hydrogen) atoms. The van der Waals surface area contributed by atoms with Crippen molar-refractivity contribution >= 4 is 64.3 Å². The van der Waals surface area contributed by atoms with Crippen LogP contribution in [0.5, 0.6) is 11.5 Å². The van der Waals surface area contributed by atoms with Gasteiger partial charge < -0.3 is 54.7 Å². The van der Waals surface area contributed by atoms with E-state index in [9.17, 15) is 24.0 Å². The zero-order valence-corrected chi connectivity index (χ0v) is 35.2. The number of carbonyl (C=O) groups is 5. The average molecular weight is 844 g/mol. The number of hydrogen-bond donors (Lipinski definition) is 5. The number of aromatic nitrogens is 4. The maximum absolute atomic E-state index is 13.3. The van der Waals surface area contributed by atoms with Gasteiger partial charge in [-0.2, -0.15) is 0 Å². The fourth-order valence-electron chi connectivity index (χ4n) is 7.28. The Hall–Kier alpha value is -7.63. The Morgan fingerprint density at radius 3 is 2.23 bits per heavy atom. The number of fused-ring (bicyclic) bond motifs is 2. The molecule has 5 N–H and O–H groups in total. The highest BCUT2D eigenvalue weighted by Crippen LogP contribution is 2.38. The number of ether oxygens (including phenoxy) is 2. The number of carbonyl (C=O) groups excluding carboxylic acids is 5. The van der Waals surface area contributed by atoms with E-state index in [0.29, 0.717) is 65.7 Å². The van der Waals surface area contributed by atoms with E-state index in [-0.39, 0.29) is 54.1 Å². The number of nitrogens with one attached hydrogen (secondary N) is 5. The average Bonchev–Trinajstić information content (AvgIpc) is 4.00. The van der Waals surface area contributed by atoms with E-state index in [1.807, 2.05) is 31.2 Å². The minimum atomic E-state index is -0.558. The number of amides is 5. The minimum absolute atomic E-state index is 0.0286. The van der Waals surface area contributed by atoms with E-state index in [1.165, 1.54) is 23.9 Å². The number of methoxy groups -OCH3 is 1. The van der Waals surface area contributed by atoms with Crippen LogP contribution in [-0.2, 0) is 32.5 Å². The first-order valence-electron chi connectivity index (χ1n) is 20.1. The van der Waals surface area contributed by atoms with Crippen LogP contribution in [0.15, 0.2) is 84.3 Å². The lowest BCUT2D eigenvalue weighted by Crippen LogP contribution is -2.35. The molecule has 322 valence electrons. The van der Waals surface area contributed by atoms with E-state index in [0.717, 1.165) is 23.4 Å². The number of nitrogens with zero attached hydrogens (tertiary/aromatic N) is 6. The molecule has 2 aliphatic rings. The van der Waals surface area contributed by atoms with Gasteiger partial charge in [0.25, 0.3) is 23.6 Å². The molecule has 0 saturated carbocycles. The predicted molar refractivity (Wildman–Crippen MR) is 235 cm³/mol. The second-order valence-corrected chi connectivity index (χ2v) is 15.1. The van der Waals surface area contributed by atoms with Gasteiger partial charge in [-0.1, -0.05) is 24.3 Å². The van der Waals surface area contributed by atoms with Gasteiger partial charge in [-0.25, -0.2) is 4.98 Å². The van der Waals surface area contributed by atoms with Gasteiger partial charge in [0.2, 0.25) is 11.7 Å². The van der Waals surface area contributed by atoms with Crippen molar-refractivity contribution in [2.45, 2.75) is 38.8 Å². The van der Waals surface area contributed by atoms with Crippen molar-refractivity contribution < 1.29 is 33.4 Å². The first-order chi connectivity index (χ1) is 29.8. The fraction of sp³-hybridized carbons (Fsp3) is 0.295. The summed E-state index contributed by atoms with van der Waals surface area (Å²) >= 11 is 0. The van der Waals surface area contributed by atoms with Crippen molar-refractivity contribution in [2.75, 3.05) is 48.1 Å². The van der Waals surface area contributed by atoms with Crippen molar-refractivity contribution in [2.24, 2.45) is 26.1 Å². The maximum Gasteiger partial charge on any atom is 0.291 e. The summed E-state index contributed by atoms with van der Waals surface area (Å²) in [5.74, 6) is -0.782. The third-order valence-corrected chi connectivity index (χ3v) is 10.4. The summed E-state index contributed by atoms with van der Waals surface area (Å²) in [4.78, 5) is 76.2. The zero-order valence-electron chi connectivity index (χ0n) is 35.2. The minimum Gasteiger partial charge on any atom is -0.493 e. The molecule has 0 radical (unpaired) electrons. The van der Waals surface area contributed by atoms with Crippen LogP contribution >= 0.6 is 0 Å². The van der Waals surface area contributed by atoms with Crippen LogP contribution < -0.4 is 36.1 Å². The molecule has 1 fully saturated rings. The molecular formula is C44H49N11O7. The third kappa shape index (κ3) is 9.54. The van der Waals surface area contributed by atoms with Gasteiger partial charge in [0, 0.05) is 83.8 Å². The van der Waals surface area contributed by atoms with E-state index in [4.69, 9.17) is 9.47 Å². The number of imidazole rings is 1. The number of anilines is 4. The second kappa shape index (κ2) is 18.3. The molecule has 0 unspecified atom stereocenters. The Kier molecular flexibility index (Phi) is 12.6. The van der Waals surface area contributed by atoms with Gasteiger partial charge in [0.1, 0.15) is 11.4 Å². The Morgan fingerprint density at radius 1 is 0.839 bits per heavy atom. The fourth-order valence-corrected chi connectivity index (χ4v) is 7.28. The molecule has 5 heterocycles. The summed E-state index contributed by atoms with van der Waals surface area (Å²) < 4.78 is 16.1. The van der Waals surface area contributed by atoms with E-state index >= 15 is 0 Å². The standard InChI is InChI=1S/C44H49N11O7/c1-7-45-28-12-10-27(11-13-28)20-47-41(57)34-16-29(23-52(34)3)48-42(58)35-17-30(24-53(35)4)49-43(59)40-51-38(25-54(40)5)50-39(56)9-8-14-62-37-19-33-32(18-36(37)61-6)44(60)55-22-26(2)15-31(55)21-46-33/h10-13,16-19,21,23-25,31,45H,2,7-9,14-15,20,22H2,1,3-6H3,(H,47,57)(H,48,58)(H,49,59)(H,50,56)/t31-/m0/s1. The Balaban J connectivity index is 0.882. The van der Waals surface area contributed by atoms with Gasteiger partial charge in [-0.15, -0.1) is 0 Å². The number of rotatable bonds is 16.